The quantitative estimate of drug-likeness (QED) is 0.752. The van der Waals surface area contributed by atoms with E-state index in [1.54, 1.807) is 0 Å². The third-order valence-corrected chi connectivity index (χ3v) is 2.93. The van der Waals surface area contributed by atoms with E-state index in [9.17, 15) is 0 Å². The van der Waals surface area contributed by atoms with Crippen molar-refractivity contribution in [3.63, 3.8) is 0 Å². The molecule has 2 rings (SSSR count). The monoisotopic (exact) mass is 209 g/mol. The fourth-order valence-corrected chi connectivity index (χ4v) is 2.12. The highest BCUT2D eigenvalue weighted by Crippen LogP contribution is 2.17. The van der Waals surface area contributed by atoms with E-state index in [2.05, 4.69) is 15.5 Å². The van der Waals surface area contributed by atoms with E-state index in [4.69, 9.17) is 4.52 Å². The molecule has 15 heavy (non-hydrogen) atoms. The minimum atomic E-state index is 0.730. The van der Waals surface area contributed by atoms with Gasteiger partial charge in [0.25, 0.3) is 0 Å². The highest BCUT2D eigenvalue weighted by molar-refractivity contribution is 4.83. The lowest BCUT2D eigenvalue weighted by Crippen LogP contribution is -2.27. The minimum Gasteiger partial charge on any atom is -0.339 e. The van der Waals surface area contributed by atoms with Crippen molar-refractivity contribution in [3.8, 4) is 0 Å². The fraction of sp³-hybridized carbons (Fsp3) is 0.818. The number of aromatic nitrogens is 2. The average molecular weight is 209 g/mol. The second kappa shape index (κ2) is 5.26. The first-order chi connectivity index (χ1) is 7.34. The first-order valence-corrected chi connectivity index (χ1v) is 5.87. The molecule has 4 heteroatoms. The standard InChI is InChI=1S/C11H19N3O/c1-9-13-11(15-14-9)7-4-8-12-10-5-2-3-6-10/h10,12H,2-8H2,1H3. The van der Waals surface area contributed by atoms with Gasteiger partial charge < -0.3 is 9.84 Å². The summed E-state index contributed by atoms with van der Waals surface area (Å²) in [7, 11) is 0. The summed E-state index contributed by atoms with van der Waals surface area (Å²) in [5.74, 6) is 1.49. The van der Waals surface area contributed by atoms with Crippen LogP contribution >= 0.6 is 0 Å². The molecule has 0 spiro atoms. The molecule has 0 aromatic carbocycles. The third kappa shape index (κ3) is 3.30. The number of rotatable bonds is 5. The molecule has 0 radical (unpaired) electrons. The van der Waals surface area contributed by atoms with Crippen LogP contribution in [0.1, 0.15) is 43.8 Å². The van der Waals surface area contributed by atoms with Crippen molar-refractivity contribution in [3.05, 3.63) is 11.7 Å². The molecule has 1 N–H and O–H groups in total. The molecule has 0 amide bonds. The van der Waals surface area contributed by atoms with E-state index in [1.165, 1.54) is 25.7 Å². The van der Waals surface area contributed by atoms with E-state index < -0.39 is 0 Å². The van der Waals surface area contributed by atoms with Crippen LogP contribution in [0.5, 0.6) is 0 Å². The lowest BCUT2D eigenvalue weighted by molar-refractivity contribution is 0.369. The topological polar surface area (TPSA) is 51.0 Å². The average Bonchev–Trinajstić information content (AvgIpc) is 2.84. The van der Waals surface area contributed by atoms with Crippen LogP contribution < -0.4 is 5.32 Å². The molecule has 1 aromatic rings. The molecule has 84 valence electrons. The van der Waals surface area contributed by atoms with Gasteiger partial charge in [-0.3, -0.25) is 0 Å². The molecule has 0 bridgehead atoms. The molecule has 0 atom stereocenters. The molecular weight excluding hydrogens is 190 g/mol. The molecular formula is C11H19N3O. The van der Waals surface area contributed by atoms with E-state index in [0.717, 1.165) is 37.1 Å². The first kappa shape index (κ1) is 10.6. The summed E-state index contributed by atoms with van der Waals surface area (Å²) in [5, 5.41) is 7.34. The van der Waals surface area contributed by atoms with Gasteiger partial charge in [-0.15, -0.1) is 0 Å². The Hall–Kier alpha value is -0.900. The molecule has 1 aliphatic rings. The smallest absolute Gasteiger partial charge is 0.226 e. The van der Waals surface area contributed by atoms with Crippen LogP contribution in [0.15, 0.2) is 4.52 Å². The Morgan fingerprint density at radius 2 is 2.20 bits per heavy atom. The van der Waals surface area contributed by atoms with Crippen LogP contribution in [0.25, 0.3) is 0 Å². The van der Waals surface area contributed by atoms with Gasteiger partial charge in [0.1, 0.15) is 0 Å². The maximum Gasteiger partial charge on any atom is 0.226 e. The Kier molecular flexibility index (Phi) is 3.72. The minimum absolute atomic E-state index is 0.730. The zero-order chi connectivity index (χ0) is 10.5. The Labute approximate surface area is 90.4 Å². The lowest BCUT2D eigenvalue weighted by atomic mass is 10.2. The van der Waals surface area contributed by atoms with Crippen molar-refractivity contribution in [2.45, 2.75) is 51.5 Å². The van der Waals surface area contributed by atoms with Gasteiger partial charge in [-0.05, 0) is 32.7 Å². The largest absolute Gasteiger partial charge is 0.339 e. The van der Waals surface area contributed by atoms with Crippen molar-refractivity contribution in [2.24, 2.45) is 0 Å². The molecule has 0 saturated heterocycles. The van der Waals surface area contributed by atoms with Crippen LogP contribution in [-0.4, -0.2) is 22.7 Å². The van der Waals surface area contributed by atoms with Gasteiger partial charge >= 0.3 is 0 Å². The summed E-state index contributed by atoms with van der Waals surface area (Å²) < 4.78 is 5.05. The molecule has 1 saturated carbocycles. The zero-order valence-electron chi connectivity index (χ0n) is 9.33. The molecule has 1 heterocycles. The van der Waals surface area contributed by atoms with E-state index in [-0.39, 0.29) is 0 Å². The van der Waals surface area contributed by atoms with Crippen molar-refractivity contribution in [2.75, 3.05) is 6.54 Å². The molecule has 1 aliphatic carbocycles. The van der Waals surface area contributed by atoms with Crippen LogP contribution in [0, 0.1) is 6.92 Å². The predicted molar refractivity (Wildman–Crippen MR) is 57.6 cm³/mol. The van der Waals surface area contributed by atoms with Crippen LogP contribution in [-0.2, 0) is 6.42 Å². The second-order valence-corrected chi connectivity index (χ2v) is 4.27. The Bertz CT molecular complexity index is 292. The van der Waals surface area contributed by atoms with Crippen molar-refractivity contribution < 1.29 is 4.52 Å². The van der Waals surface area contributed by atoms with Crippen LogP contribution in [0.3, 0.4) is 0 Å². The summed E-state index contributed by atoms with van der Waals surface area (Å²) >= 11 is 0. The van der Waals surface area contributed by atoms with Gasteiger partial charge in [0, 0.05) is 12.5 Å². The van der Waals surface area contributed by atoms with Crippen LogP contribution in [0.4, 0.5) is 0 Å². The van der Waals surface area contributed by atoms with Gasteiger partial charge in [-0.25, -0.2) is 0 Å². The normalized spacial score (nSPS) is 17.4. The Morgan fingerprint density at radius 3 is 2.87 bits per heavy atom. The summed E-state index contributed by atoms with van der Waals surface area (Å²) in [4.78, 5) is 4.17. The molecule has 1 aromatic heterocycles. The molecule has 4 nitrogen and oxygen atoms in total. The lowest BCUT2D eigenvalue weighted by Gasteiger charge is -2.10. The number of aryl methyl sites for hydroxylation is 2. The number of hydrogen-bond acceptors (Lipinski definition) is 4. The van der Waals surface area contributed by atoms with Gasteiger partial charge in [-0.2, -0.15) is 4.98 Å². The molecule has 0 aliphatic heterocycles. The number of nitrogens with one attached hydrogen (secondary N) is 1. The van der Waals surface area contributed by atoms with Gasteiger partial charge in [0.2, 0.25) is 5.89 Å². The highest BCUT2D eigenvalue weighted by Gasteiger charge is 2.13. The highest BCUT2D eigenvalue weighted by atomic mass is 16.5. The van der Waals surface area contributed by atoms with Crippen molar-refractivity contribution >= 4 is 0 Å². The zero-order valence-corrected chi connectivity index (χ0v) is 9.33. The van der Waals surface area contributed by atoms with Crippen molar-refractivity contribution in [1.82, 2.24) is 15.5 Å². The third-order valence-electron chi connectivity index (χ3n) is 2.93. The number of hydrogen-bond donors (Lipinski definition) is 1. The van der Waals surface area contributed by atoms with Crippen LogP contribution in [0.2, 0.25) is 0 Å². The fourth-order valence-electron chi connectivity index (χ4n) is 2.12. The summed E-state index contributed by atoms with van der Waals surface area (Å²) in [6.07, 6.45) is 7.44. The van der Waals surface area contributed by atoms with E-state index in [0.29, 0.717) is 0 Å². The predicted octanol–water partition coefficient (Wildman–Crippen LogP) is 1.84. The maximum absolute atomic E-state index is 5.05. The Morgan fingerprint density at radius 1 is 1.40 bits per heavy atom. The van der Waals surface area contributed by atoms with Gasteiger partial charge in [0.05, 0.1) is 0 Å². The van der Waals surface area contributed by atoms with E-state index in [1.807, 2.05) is 6.92 Å². The van der Waals surface area contributed by atoms with Gasteiger partial charge in [0.15, 0.2) is 5.82 Å². The van der Waals surface area contributed by atoms with E-state index >= 15 is 0 Å². The molecule has 0 unspecified atom stereocenters. The van der Waals surface area contributed by atoms with Crippen molar-refractivity contribution in [1.29, 1.82) is 0 Å². The Balaban J connectivity index is 1.58. The molecule has 1 fully saturated rings. The summed E-state index contributed by atoms with van der Waals surface area (Å²) in [5.41, 5.74) is 0. The summed E-state index contributed by atoms with van der Waals surface area (Å²) in [6.45, 7) is 2.91. The second-order valence-electron chi connectivity index (χ2n) is 4.27. The van der Waals surface area contributed by atoms with Gasteiger partial charge in [-0.1, -0.05) is 18.0 Å². The maximum atomic E-state index is 5.05. The number of nitrogens with zero attached hydrogens (tertiary/aromatic N) is 2. The summed E-state index contributed by atoms with van der Waals surface area (Å²) in [6, 6.07) is 0.759. The SMILES string of the molecule is Cc1noc(CCCNC2CCCC2)n1. The first-order valence-electron chi connectivity index (χ1n) is 5.87.